The van der Waals surface area contributed by atoms with Crippen LogP contribution in [0, 0.1) is 0 Å². The molecule has 0 radical (unpaired) electrons. The zero-order valence-corrected chi connectivity index (χ0v) is 19.3. The molecule has 3 rings (SSSR count). The normalized spacial score (nSPS) is 12.1. The molecular formula is C26H30BrN. The summed E-state index contributed by atoms with van der Waals surface area (Å²) in [6, 6.07) is 23.8. The predicted molar refractivity (Wildman–Crippen MR) is 127 cm³/mol. The predicted octanol–water partition coefficient (Wildman–Crippen LogP) is 8.45. The first-order valence-corrected chi connectivity index (χ1v) is 10.6. The fraction of sp³-hybridized carbons (Fsp3) is 0.308. The highest BCUT2D eigenvalue weighted by molar-refractivity contribution is 9.10. The van der Waals surface area contributed by atoms with Crippen LogP contribution in [-0.4, -0.2) is 0 Å². The summed E-state index contributed by atoms with van der Waals surface area (Å²) in [6.45, 7) is 13.7. The van der Waals surface area contributed by atoms with Gasteiger partial charge in [-0.1, -0.05) is 90.1 Å². The van der Waals surface area contributed by atoms with Crippen molar-refractivity contribution in [3.05, 3.63) is 82.3 Å². The summed E-state index contributed by atoms with van der Waals surface area (Å²) < 4.78 is 1.06. The number of para-hydroxylation sites is 2. The van der Waals surface area contributed by atoms with Crippen LogP contribution in [0.15, 0.2) is 71.2 Å². The van der Waals surface area contributed by atoms with E-state index in [4.69, 9.17) is 0 Å². The number of nitrogens with one attached hydrogen (secondary N) is 1. The molecule has 2 heteroatoms. The molecule has 0 aliphatic carbocycles. The molecule has 3 aromatic carbocycles. The molecule has 0 saturated heterocycles. The molecule has 0 heterocycles. The number of hydrogen-bond donors (Lipinski definition) is 1. The average molecular weight is 436 g/mol. The third kappa shape index (κ3) is 4.67. The zero-order chi connectivity index (χ0) is 20.5. The fourth-order valence-corrected chi connectivity index (χ4v) is 3.58. The molecule has 0 aromatic heterocycles. The van der Waals surface area contributed by atoms with Gasteiger partial charge in [0.25, 0.3) is 0 Å². The highest BCUT2D eigenvalue weighted by atomic mass is 79.9. The van der Waals surface area contributed by atoms with Gasteiger partial charge in [-0.05, 0) is 61.6 Å². The van der Waals surface area contributed by atoms with Crippen LogP contribution in [0.3, 0.4) is 0 Å². The number of rotatable bonds is 3. The molecule has 0 fully saturated rings. The van der Waals surface area contributed by atoms with Crippen LogP contribution < -0.4 is 5.32 Å². The van der Waals surface area contributed by atoms with E-state index in [9.17, 15) is 0 Å². The van der Waals surface area contributed by atoms with Gasteiger partial charge in [0.1, 0.15) is 0 Å². The summed E-state index contributed by atoms with van der Waals surface area (Å²) in [4.78, 5) is 0. The molecule has 3 aromatic rings. The molecule has 0 aliphatic heterocycles. The smallest absolute Gasteiger partial charge is 0.0528 e. The van der Waals surface area contributed by atoms with Gasteiger partial charge in [-0.2, -0.15) is 0 Å². The minimum atomic E-state index is 0.0981. The SMILES string of the molecule is CC(C)(C)c1cc(-c2ccccc2Nc2ccccc2Br)cc(C(C)(C)C)c1. The Bertz CT molecular complexity index is 942. The van der Waals surface area contributed by atoms with Crippen molar-refractivity contribution in [3.8, 4) is 11.1 Å². The minimum Gasteiger partial charge on any atom is -0.354 e. The zero-order valence-electron chi connectivity index (χ0n) is 17.7. The number of halogens is 1. The van der Waals surface area contributed by atoms with E-state index in [1.165, 1.54) is 22.3 Å². The van der Waals surface area contributed by atoms with Crippen LogP contribution in [0.5, 0.6) is 0 Å². The van der Waals surface area contributed by atoms with Crippen molar-refractivity contribution in [1.29, 1.82) is 0 Å². The first kappa shape index (κ1) is 20.7. The van der Waals surface area contributed by atoms with E-state index in [-0.39, 0.29) is 10.8 Å². The van der Waals surface area contributed by atoms with Gasteiger partial charge in [-0.25, -0.2) is 0 Å². The molecule has 0 bridgehead atoms. The van der Waals surface area contributed by atoms with E-state index in [0.29, 0.717) is 0 Å². The van der Waals surface area contributed by atoms with E-state index >= 15 is 0 Å². The van der Waals surface area contributed by atoms with E-state index in [1.807, 2.05) is 12.1 Å². The van der Waals surface area contributed by atoms with E-state index in [1.54, 1.807) is 0 Å². The monoisotopic (exact) mass is 435 g/mol. The van der Waals surface area contributed by atoms with Gasteiger partial charge < -0.3 is 5.32 Å². The summed E-state index contributed by atoms with van der Waals surface area (Å²) in [5, 5.41) is 3.61. The van der Waals surface area contributed by atoms with Crippen molar-refractivity contribution in [1.82, 2.24) is 0 Å². The van der Waals surface area contributed by atoms with Crippen molar-refractivity contribution < 1.29 is 0 Å². The largest absolute Gasteiger partial charge is 0.354 e. The molecule has 0 saturated carbocycles. The maximum Gasteiger partial charge on any atom is 0.0528 e. The lowest BCUT2D eigenvalue weighted by Crippen LogP contribution is -2.16. The molecule has 0 atom stereocenters. The Morgan fingerprint density at radius 1 is 0.643 bits per heavy atom. The summed E-state index contributed by atoms with van der Waals surface area (Å²) >= 11 is 3.65. The van der Waals surface area contributed by atoms with Crippen LogP contribution in [0.2, 0.25) is 0 Å². The van der Waals surface area contributed by atoms with Gasteiger partial charge >= 0.3 is 0 Å². The Morgan fingerprint density at radius 2 is 1.14 bits per heavy atom. The molecule has 0 unspecified atom stereocenters. The molecule has 0 spiro atoms. The molecule has 1 N–H and O–H groups in total. The molecular weight excluding hydrogens is 406 g/mol. The van der Waals surface area contributed by atoms with Crippen LogP contribution in [0.1, 0.15) is 52.7 Å². The molecule has 0 amide bonds. The second-order valence-electron chi connectivity index (χ2n) is 9.45. The average Bonchev–Trinajstić information content (AvgIpc) is 2.62. The van der Waals surface area contributed by atoms with Gasteiger partial charge in [0.2, 0.25) is 0 Å². The van der Waals surface area contributed by atoms with Gasteiger partial charge in [0, 0.05) is 15.7 Å². The van der Waals surface area contributed by atoms with Gasteiger partial charge in [0.05, 0.1) is 5.69 Å². The minimum absolute atomic E-state index is 0.0981. The third-order valence-corrected chi connectivity index (χ3v) is 5.74. The first-order valence-electron chi connectivity index (χ1n) is 9.83. The van der Waals surface area contributed by atoms with Crippen molar-refractivity contribution in [3.63, 3.8) is 0 Å². The quantitative estimate of drug-likeness (QED) is 0.434. The Kier molecular flexibility index (Phi) is 5.72. The van der Waals surface area contributed by atoms with Crippen LogP contribution in [0.25, 0.3) is 11.1 Å². The van der Waals surface area contributed by atoms with E-state index < -0.39 is 0 Å². The van der Waals surface area contributed by atoms with Crippen molar-refractivity contribution in [2.75, 3.05) is 5.32 Å². The Balaban J connectivity index is 2.15. The van der Waals surface area contributed by atoms with Crippen LogP contribution >= 0.6 is 15.9 Å². The lowest BCUT2D eigenvalue weighted by Gasteiger charge is -2.27. The van der Waals surface area contributed by atoms with Crippen molar-refractivity contribution >= 4 is 27.3 Å². The molecule has 1 nitrogen and oxygen atoms in total. The van der Waals surface area contributed by atoms with E-state index in [2.05, 4.69) is 117 Å². The first-order chi connectivity index (χ1) is 13.1. The topological polar surface area (TPSA) is 12.0 Å². The van der Waals surface area contributed by atoms with E-state index in [0.717, 1.165) is 15.8 Å². The Morgan fingerprint density at radius 3 is 1.68 bits per heavy atom. The standard InChI is InChI=1S/C26H30BrN/c1-25(2,3)19-15-18(16-20(17-19)26(4,5)6)21-11-7-9-13-23(21)28-24-14-10-8-12-22(24)27/h7-17,28H,1-6H3. The van der Waals surface area contributed by atoms with Gasteiger partial charge in [0.15, 0.2) is 0 Å². The molecule has 146 valence electrons. The van der Waals surface area contributed by atoms with Gasteiger partial charge in [-0.15, -0.1) is 0 Å². The summed E-state index contributed by atoms with van der Waals surface area (Å²) in [5.74, 6) is 0. The summed E-state index contributed by atoms with van der Waals surface area (Å²) in [6.07, 6.45) is 0. The van der Waals surface area contributed by atoms with Crippen LogP contribution in [0.4, 0.5) is 11.4 Å². The third-order valence-electron chi connectivity index (χ3n) is 5.05. The molecule has 0 aliphatic rings. The van der Waals surface area contributed by atoms with Gasteiger partial charge in [-0.3, -0.25) is 0 Å². The lowest BCUT2D eigenvalue weighted by atomic mass is 9.79. The maximum atomic E-state index is 3.65. The molecule has 28 heavy (non-hydrogen) atoms. The van der Waals surface area contributed by atoms with Crippen LogP contribution in [-0.2, 0) is 10.8 Å². The lowest BCUT2D eigenvalue weighted by molar-refractivity contribution is 0.569. The maximum absolute atomic E-state index is 3.65. The second-order valence-corrected chi connectivity index (χ2v) is 10.3. The second kappa shape index (κ2) is 7.75. The van der Waals surface area contributed by atoms with Crippen molar-refractivity contribution in [2.24, 2.45) is 0 Å². The number of benzene rings is 3. The summed E-state index contributed by atoms with van der Waals surface area (Å²) in [5.41, 5.74) is 7.58. The Labute approximate surface area is 178 Å². The highest BCUT2D eigenvalue weighted by Crippen LogP contribution is 2.37. The fourth-order valence-electron chi connectivity index (χ4n) is 3.20. The van der Waals surface area contributed by atoms with Crippen molar-refractivity contribution in [2.45, 2.75) is 52.4 Å². The number of anilines is 2. The summed E-state index contributed by atoms with van der Waals surface area (Å²) in [7, 11) is 0. The highest BCUT2D eigenvalue weighted by Gasteiger charge is 2.21. The Hall–Kier alpha value is -2.06. The number of hydrogen-bond acceptors (Lipinski definition) is 1.